The molecule has 1 aromatic rings. The Balaban J connectivity index is 2.47. The SMILES string of the molecule is NS(=O)(=O)c1c(I)cncc1OC1CC1. The second-order valence-electron chi connectivity index (χ2n) is 3.31. The van der Waals surface area contributed by atoms with E-state index in [1.54, 1.807) is 0 Å². The van der Waals surface area contributed by atoms with Gasteiger partial charge in [-0.05, 0) is 35.4 Å². The van der Waals surface area contributed by atoms with Gasteiger partial charge in [0.15, 0.2) is 5.75 Å². The largest absolute Gasteiger partial charge is 0.487 e. The predicted octanol–water partition coefficient (Wildman–Crippen LogP) is 0.875. The van der Waals surface area contributed by atoms with E-state index in [0.717, 1.165) is 12.8 Å². The van der Waals surface area contributed by atoms with Gasteiger partial charge in [-0.2, -0.15) is 0 Å². The van der Waals surface area contributed by atoms with E-state index in [9.17, 15) is 8.42 Å². The molecule has 0 unspecified atom stereocenters. The Labute approximate surface area is 101 Å². The van der Waals surface area contributed by atoms with Crippen LogP contribution in [0.1, 0.15) is 12.8 Å². The first-order valence-electron chi connectivity index (χ1n) is 4.31. The van der Waals surface area contributed by atoms with Crippen LogP contribution < -0.4 is 9.88 Å². The van der Waals surface area contributed by atoms with Crippen LogP contribution in [0.3, 0.4) is 0 Å². The van der Waals surface area contributed by atoms with E-state index < -0.39 is 10.0 Å². The first kappa shape index (κ1) is 11.1. The van der Waals surface area contributed by atoms with Crippen molar-refractivity contribution in [3.8, 4) is 5.75 Å². The third-order valence-electron chi connectivity index (χ3n) is 1.92. The summed E-state index contributed by atoms with van der Waals surface area (Å²) < 4.78 is 28.6. The van der Waals surface area contributed by atoms with E-state index in [2.05, 4.69) is 4.98 Å². The van der Waals surface area contributed by atoms with Gasteiger partial charge < -0.3 is 4.74 Å². The fourth-order valence-electron chi connectivity index (χ4n) is 1.13. The quantitative estimate of drug-likeness (QED) is 0.828. The van der Waals surface area contributed by atoms with Gasteiger partial charge in [0.1, 0.15) is 4.90 Å². The van der Waals surface area contributed by atoms with Crippen molar-refractivity contribution in [2.75, 3.05) is 0 Å². The van der Waals surface area contributed by atoms with Crippen molar-refractivity contribution >= 4 is 32.6 Å². The molecule has 5 nitrogen and oxygen atoms in total. The highest BCUT2D eigenvalue weighted by Crippen LogP contribution is 2.32. The Bertz CT molecular complexity index is 485. The fourth-order valence-corrected chi connectivity index (χ4v) is 3.18. The van der Waals surface area contributed by atoms with Gasteiger partial charge in [-0.1, -0.05) is 0 Å². The normalized spacial score (nSPS) is 16.4. The van der Waals surface area contributed by atoms with Gasteiger partial charge in [-0.3, -0.25) is 4.98 Å². The van der Waals surface area contributed by atoms with Gasteiger partial charge in [0, 0.05) is 6.20 Å². The Morgan fingerprint density at radius 3 is 2.67 bits per heavy atom. The van der Waals surface area contributed by atoms with Crippen molar-refractivity contribution in [1.82, 2.24) is 4.98 Å². The maximum Gasteiger partial charge on any atom is 0.242 e. The molecule has 15 heavy (non-hydrogen) atoms. The zero-order valence-electron chi connectivity index (χ0n) is 7.68. The average Bonchev–Trinajstić information content (AvgIpc) is 2.85. The number of ether oxygens (including phenoxy) is 1. The molecule has 1 saturated carbocycles. The Hall–Kier alpha value is -0.410. The standard InChI is InChI=1S/C8H9IN2O3S/c9-6-3-11-4-7(14-5-1-2-5)8(6)15(10,12)13/h3-5H,1-2H2,(H2,10,12,13). The molecule has 0 bridgehead atoms. The van der Waals surface area contributed by atoms with Gasteiger partial charge in [-0.15, -0.1) is 0 Å². The fraction of sp³-hybridized carbons (Fsp3) is 0.375. The molecule has 1 heterocycles. The number of nitrogens with two attached hydrogens (primary N) is 1. The molecule has 0 atom stereocenters. The summed E-state index contributed by atoms with van der Waals surface area (Å²) in [6.45, 7) is 0. The molecule has 1 aromatic heterocycles. The molecule has 82 valence electrons. The molecule has 0 radical (unpaired) electrons. The van der Waals surface area contributed by atoms with Crippen LogP contribution in [0.2, 0.25) is 0 Å². The van der Waals surface area contributed by atoms with Crippen LogP contribution in [0.5, 0.6) is 5.75 Å². The molecule has 0 aliphatic heterocycles. The Morgan fingerprint density at radius 2 is 2.13 bits per heavy atom. The van der Waals surface area contributed by atoms with Gasteiger partial charge >= 0.3 is 0 Å². The highest BCUT2D eigenvalue weighted by Gasteiger charge is 2.27. The monoisotopic (exact) mass is 340 g/mol. The number of nitrogens with zero attached hydrogens (tertiary/aromatic N) is 1. The minimum atomic E-state index is -3.75. The molecule has 7 heteroatoms. The number of hydrogen-bond acceptors (Lipinski definition) is 4. The number of sulfonamides is 1. The highest BCUT2D eigenvalue weighted by molar-refractivity contribution is 14.1. The van der Waals surface area contributed by atoms with E-state index in [4.69, 9.17) is 9.88 Å². The maximum absolute atomic E-state index is 11.3. The lowest BCUT2D eigenvalue weighted by Crippen LogP contribution is -2.16. The van der Waals surface area contributed by atoms with E-state index >= 15 is 0 Å². The highest BCUT2D eigenvalue weighted by atomic mass is 127. The number of rotatable bonds is 3. The number of hydrogen-bond donors (Lipinski definition) is 1. The number of primary sulfonamides is 1. The van der Waals surface area contributed by atoms with Crippen molar-refractivity contribution in [2.24, 2.45) is 5.14 Å². The van der Waals surface area contributed by atoms with Gasteiger partial charge in [0.05, 0.1) is 15.9 Å². The van der Waals surface area contributed by atoms with Crippen LogP contribution in [0.15, 0.2) is 17.3 Å². The van der Waals surface area contributed by atoms with E-state index in [0.29, 0.717) is 3.57 Å². The van der Waals surface area contributed by atoms with Crippen molar-refractivity contribution in [3.63, 3.8) is 0 Å². The molecular weight excluding hydrogens is 331 g/mol. The Kier molecular flexibility index (Phi) is 2.86. The Morgan fingerprint density at radius 1 is 1.47 bits per heavy atom. The summed E-state index contributed by atoms with van der Waals surface area (Å²) in [6, 6.07) is 0. The van der Waals surface area contributed by atoms with Gasteiger partial charge in [0.2, 0.25) is 10.0 Å². The van der Waals surface area contributed by atoms with Crippen LogP contribution in [0, 0.1) is 3.57 Å². The summed E-state index contributed by atoms with van der Waals surface area (Å²) in [7, 11) is -3.75. The van der Waals surface area contributed by atoms with Gasteiger partial charge in [0.25, 0.3) is 0 Å². The van der Waals surface area contributed by atoms with Crippen LogP contribution in [-0.2, 0) is 10.0 Å². The lowest BCUT2D eigenvalue weighted by molar-refractivity contribution is 0.293. The molecule has 0 saturated heterocycles. The average molecular weight is 340 g/mol. The molecule has 0 amide bonds. The zero-order valence-corrected chi connectivity index (χ0v) is 10.7. The third kappa shape index (κ3) is 2.58. The van der Waals surface area contributed by atoms with Crippen LogP contribution in [0.4, 0.5) is 0 Å². The number of pyridine rings is 1. The number of aromatic nitrogens is 1. The smallest absolute Gasteiger partial charge is 0.242 e. The summed E-state index contributed by atoms with van der Waals surface area (Å²) in [5.74, 6) is 0.256. The molecule has 1 fully saturated rings. The summed E-state index contributed by atoms with van der Waals surface area (Å²) in [6.07, 6.45) is 4.86. The predicted molar refractivity (Wildman–Crippen MR) is 62.0 cm³/mol. The van der Waals surface area contributed by atoms with Crippen molar-refractivity contribution < 1.29 is 13.2 Å². The molecule has 1 aliphatic carbocycles. The first-order chi connectivity index (χ1) is 6.98. The first-order valence-corrected chi connectivity index (χ1v) is 6.94. The molecule has 2 rings (SSSR count). The van der Waals surface area contributed by atoms with Gasteiger partial charge in [-0.25, -0.2) is 13.6 Å². The molecular formula is C8H9IN2O3S. The van der Waals surface area contributed by atoms with Crippen molar-refractivity contribution in [1.29, 1.82) is 0 Å². The van der Waals surface area contributed by atoms with Crippen molar-refractivity contribution in [3.05, 3.63) is 16.0 Å². The minimum absolute atomic E-state index is 0.0324. The number of halogens is 1. The van der Waals surface area contributed by atoms with Crippen LogP contribution in [0.25, 0.3) is 0 Å². The van der Waals surface area contributed by atoms with E-state index in [1.165, 1.54) is 12.4 Å². The lowest BCUT2D eigenvalue weighted by Gasteiger charge is -2.09. The topological polar surface area (TPSA) is 82.3 Å². The third-order valence-corrected chi connectivity index (χ3v) is 4.10. The molecule has 2 N–H and O–H groups in total. The minimum Gasteiger partial charge on any atom is -0.487 e. The zero-order chi connectivity index (χ0) is 11.1. The van der Waals surface area contributed by atoms with Crippen LogP contribution in [-0.4, -0.2) is 19.5 Å². The summed E-state index contributed by atoms with van der Waals surface area (Å²) in [4.78, 5) is 3.92. The second-order valence-corrected chi connectivity index (χ2v) is 5.97. The van der Waals surface area contributed by atoms with E-state index in [-0.39, 0.29) is 16.7 Å². The molecule has 0 spiro atoms. The summed E-state index contributed by atoms with van der Waals surface area (Å²) in [5.41, 5.74) is 0. The van der Waals surface area contributed by atoms with Crippen molar-refractivity contribution in [2.45, 2.75) is 23.8 Å². The molecule has 0 aromatic carbocycles. The second kappa shape index (κ2) is 3.87. The lowest BCUT2D eigenvalue weighted by atomic mass is 10.4. The molecule has 1 aliphatic rings. The maximum atomic E-state index is 11.3. The summed E-state index contributed by atoms with van der Waals surface area (Å²) >= 11 is 1.88. The van der Waals surface area contributed by atoms with E-state index in [1.807, 2.05) is 22.6 Å². The summed E-state index contributed by atoms with van der Waals surface area (Å²) in [5, 5.41) is 5.11. The van der Waals surface area contributed by atoms with Crippen LogP contribution >= 0.6 is 22.6 Å².